The first kappa shape index (κ1) is 12.4. The molecule has 2 rings (SSSR count). The summed E-state index contributed by atoms with van der Waals surface area (Å²) in [4.78, 5) is 23.9. The van der Waals surface area contributed by atoms with Crippen LogP contribution in [0.1, 0.15) is 12.0 Å². The van der Waals surface area contributed by atoms with Gasteiger partial charge in [0.1, 0.15) is 6.61 Å². The zero-order valence-corrected chi connectivity index (χ0v) is 10.0. The molecule has 1 aromatic rings. The summed E-state index contributed by atoms with van der Waals surface area (Å²) >= 11 is 0. The Morgan fingerprint density at radius 2 is 1.94 bits per heavy atom. The van der Waals surface area contributed by atoms with Crippen molar-refractivity contribution < 1.29 is 14.3 Å². The maximum absolute atomic E-state index is 11.6. The number of carbonyl (C=O) groups excluding carboxylic acids is 2. The van der Waals surface area contributed by atoms with Gasteiger partial charge in [0.25, 0.3) is 0 Å². The standard InChI is InChI=1S/C13H16N2O3/c14-12(16)6-11-7-15(8-11)13(17)18-9-10-4-2-1-3-5-10/h1-5,11H,6-9H2,(H2,14,16). The fraction of sp³-hybridized carbons (Fsp3) is 0.385. The number of rotatable bonds is 4. The van der Waals surface area contributed by atoms with Crippen LogP contribution in [0.5, 0.6) is 0 Å². The van der Waals surface area contributed by atoms with Crippen molar-refractivity contribution >= 4 is 12.0 Å². The van der Waals surface area contributed by atoms with Gasteiger partial charge in [0, 0.05) is 25.4 Å². The molecule has 96 valence electrons. The minimum Gasteiger partial charge on any atom is -0.445 e. The summed E-state index contributed by atoms with van der Waals surface area (Å²) in [6.45, 7) is 1.38. The molecule has 0 radical (unpaired) electrons. The van der Waals surface area contributed by atoms with Gasteiger partial charge < -0.3 is 15.4 Å². The van der Waals surface area contributed by atoms with Crippen LogP contribution >= 0.6 is 0 Å². The molecular weight excluding hydrogens is 232 g/mol. The number of likely N-dealkylation sites (tertiary alicyclic amines) is 1. The average molecular weight is 248 g/mol. The average Bonchev–Trinajstić information content (AvgIpc) is 2.31. The largest absolute Gasteiger partial charge is 0.445 e. The number of primary amides is 1. The number of benzene rings is 1. The van der Waals surface area contributed by atoms with Crippen molar-refractivity contribution in [2.24, 2.45) is 11.7 Å². The fourth-order valence-electron chi connectivity index (χ4n) is 1.94. The van der Waals surface area contributed by atoms with Crippen molar-refractivity contribution in [3.8, 4) is 0 Å². The van der Waals surface area contributed by atoms with Gasteiger partial charge in [-0.3, -0.25) is 4.79 Å². The molecule has 0 bridgehead atoms. The third-order valence-corrected chi connectivity index (χ3v) is 2.91. The molecule has 2 N–H and O–H groups in total. The summed E-state index contributed by atoms with van der Waals surface area (Å²) in [5.74, 6) is -0.135. The Hall–Kier alpha value is -2.04. The molecule has 0 saturated carbocycles. The van der Waals surface area contributed by atoms with E-state index in [0.29, 0.717) is 19.5 Å². The van der Waals surface area contributed by atoms with Gasteiger partial charge in [-0.2, -0.15) is 0 Å². The van der Waals surface area contributed by atoms with E-state index in [1.54, 1.807) is 4.90 Å². The van der Waals surface area contributed by atoms with Gasteiger partial charge in [0.2, 0.25) is 5.91 Å². The van der Waals surface area contributed by atoms with Gasteiger partial charge in [0.05, 0.1) is 0 Å². The van der Waals surface area contributed by atoms with Crippen molar-refractivity contribution in [2.45, 2.75) is 13.0 Å². The molecule has 1 saturated heterocycles. The van der Waals surface area contributed by atoms with E-state index < -0.39 is 0 Å². The fourth-order valence-corrected chi connectivity index (χ4v) is 1.94. The van der Waals surface area contributed by atoms with Crippen molar-refractivity contribution in [3.63, 3.8) is 0 Å². The smallest absolute Gasteiger partial charge is 0.410 e. The predicted molar refractivity (Wildman–Crippen MR) is 65.5 cm³/mol. The third-order valence-electron chi connectivity index (χ3n) is 2.91. The van der Waals surface area contributed by atoms with Crippen LogP contribution in [0.4, 0.5) is 4.79 Å². The molecular formula is C13H16N2O3. The van der Waals surface area contributed by atoms with Crippen LogP contribution in [-0.2, 0) is 16.1 Å². The molecule has 1 aliphatic heterocycles. The minimum atomic E-state index is -0.334. The van der Waals surface area contributed by atoms with E-state index >= 15 is 0 Å². The number of nitrogens with two attached hydrogens (primary N) is 1. The van der Waals surface area contributed by atoms with Gasteiger partial charge >= 0.3 is 6.09 Å². The van der Waals surface area contributed by atoms with E-state index in [0.717, 1.165) is 5.56 Å². The Kier molecular flexibility index (Phi) is 3.82. The molecule has 2 amide bonds. The highest BCUT2D eigenvalue weighted by molar-refractivity contribution is 5.75. The number of nitrogens with zero attached hydrogens (tertiary/aromatic N) is 1. The van der Waals surface area contributed by atoms with Crippen molar-refractivity contribution in [3.05, 3.63) is 35.9 Å². The summed E-state index contributed by atoms with van der Waals surface area (Å²) < 4.78 is 5.16. The van der Waals surface area contributed by atoms with E-state index in [9.17, 15) is 9.59 Å². The van der Waals surface area contributed by atoms with E-state index in [2.05, 4.69) is 0 Å². The number of ether oxygens (including phenoxy) is 1. The Morgan fingerprint density at radius 3 is 2.56 bits per heavy atom. The quantitative estimate of drug-likeness (QED) is 0.868. The number of carbonyl (C=O) groups is 2. The second kappa shape index (κ2) is 5.53. The summed E-state index contributed by atoms with van der Waals surface area (Å²) in [6.07, 6.45) is 0.00205. The second-order valence-electron chi connectivity index (χ2n) is 4.48. The number of amides is 2. The summed E-state index contributed by atoms with van der Waals surface area (Å²) in [5.41, 5.74) is 6.04. The molecule has 0 atom stereocenters. The molecule has 1 fully saturated rings. The van der Waals surface area contributed by atoms with Crippen LogP contribution in [0, 0.1) is 5.92 Å². The highest BCUT2D eigenvalue weighted by Crippen LogP contribution is 2.19. The molecule has 1 aromatic carbocycles. The maximum atomic E-state index is 11.6. The first-order valence-electron chi connectivity index (χ1n) is 5.89. The SMILES string of the molecule is NC(=O)CC1CN(C(=O)OCc2ccccc2)C1. The second-order valence-corrected chi connectivity index (χ2v) is 4.48. The highest BCUT2D eigenvalue weighted by Gasteiger charge is 2.32. The monoisotopic (exact) mass is 248 g/mol. The number of hydrogen-bond acceptors (Lipinski definition) is 3. The summed E-state index contributed by atoms with van der Waals surface area (Å²) in [5, 5.41) is 0. The van der Waals surface area contributed by atoms with Crippen LogP contribution in [0.25, 0.3) is 0 Å². The lowest BCUT2D eigenvalue weighted by Gasteiger charge is -2.37. The van der Waals surface area contributed by atoms with Crippen LogP contribution in [-0.4, -0.2) is 30.0 Å². The van der Waals surface area contributed by atoms with Crippen LogP contribution < -0.4 is 5.73 Å². The van der Waals surface area contributed by atoms with Crippen molar-refractivity contribution in [1.29, 1.82) is 0 Å². The van der Waals surface area contributed by atoms with E-state index in [1.807, 2.05) is 30.3 Å². The minimum absolute atomic E-state index is 0.187. The van der Waals surface area contributed by atoms with E-state index in [1.165, 1.54) is 0 Å². The number of hydrogen-bond donors (Lipinski definition) is 1. The highest BCUT2D eigenvalue weighted by atomic mass is 16.6. The van der Waals surface area contributed by atoms with E-state index in [-0.39, 0.29) is 24.5 Å². The normalized spacial score (nSPS) is 15.0. The van der Waals surface area contributed by atoms with Crippen LogP contribution in [0.3, 0.4) is 0 Å². The van der Waals surface area contributed by atoms with Crippen LogP contribution in [0.2, 0.25) is 0 Å². The first-order chi connectivity index (χ1) is 8.65. The van der Waals surface area contributed by atoms with Gasteiger partial charge in [-0.15, -0.1) is 0 Å². The topological polar surface area (TPSA) is 72.6 Å². The molecule has 0 spiro atoms. The van der Waals surface area contributed by atoms with Crippen LogP contribution in [0.15, 0.2) is 30.3 Å². The first-order valence-corrected chi connectivity index (χ1v) is 5.89. The summed E-state index contributed by atoms with van der Waals surface area (Å²) in [7, 11) is 0. The Morgan fingerprint density at radius 1 is 1.28 bits per heavy atom. The molecule has 5 heteroatoms. The zero-order valence-electron chi connectivity index (χ0n) is 10.0. The summed E-state index contributed by atoms with van der Waals surface area (Å²) in [6, 6.07) is 9.51. The lowest BCUT2D eigenvalue weighted by Crippen LogP contribution is -2.51. The van der Waals surface area contributed by atoms with Crippen molar-refractivity contribution in [2.75, 3.05) is 13.1 Å². The Bertz CT molecular complexity index is 427. The molecule has 0 aromatic heterocycles. The van der Waals surface area contributed by atoms with Gasteiger partial charge in [0.15, 0.2) is 0 Å². The molecule has 0 unspecified atom stereocenters. The lowest BCUT2D eigenvalue weighted by molar-refractivity contribution is -0.120. The van der Waals surface area contributed by atoms with Gasteiger partial charge in [-0.05, 0) is 5.56 Å². The maximum Gasteiger partial charge on any atom is 0.410 e. The van der Waals surface area contributed by atoms with Gasteiger partial charge in [-0.25, -0.2) is 4.79 Å². The zero-order chi connectivity index (χ0) is 13.0. The Balaban J connectivity index is 1.70. The van der Waals surface area contributed by atoms with Gasteiger partial charge in [-0.1, -0.05) is 30.3 Å². The molecule has 1 heterocycles. The lowest BCUT2D eigenvalue weighted by atomic mass is 9.97. The third kappa shape index (κ3) is 3.23. The molecule has 5 nitrogen and oxygen atoms in total. The predicted octanol–water partition coefficient (Wildman–Crippen LogP) is 1.13. The van der Waals surface area contributed by atoms with E-state index in [4.69, 9.17) is 10.5 Å². The molecule has 1 aliphatic rings. The molecule has 18 heavy (non-hydrogen) atoms. The van der Waals surface area contributed by atoms with Crippen molar-refractivity contribution in [1.82, 2.24) is 4.90 Å². The molecule has 0 aliphatic carbocycles. The Labute approximate surface area is 106 Å².